The third kappa shape index (κ3) is 4.03. The first kappa shape index (κ1) is 20.7. The Morgan fingerprint density at radius 2 is 1.83 bits per heavy atom. The Morgan fingerprint density at radius 1 is 1.17 bits per heavy atom. The number of likely N-dealkylation sites (N-methyl/N-ethyl adjacent to an activating group) is 1. The predicted molar refractivity (Wildman–Crippen MR) is 103 cm³/mol. The maximum absolute atomic E-state index is 14.0. The molecule has 1 amide bonds. The fourth-order valence-corrected chi connectivity index (χ4v) is 3.03. The van der Waals surface area contributed by atoms with E-state index in [0.717, 1.165) is 29.2 Å². The number of carbonyl (C=O) groups is 2. The zero-order chi connectivity index (χ0) is 22.0. The van der Waals surface area contributed by atoms with Gasteiger partial charge in [-0.05, 0) is 36.4 Å². The third-order valence-electron chi connectivity index (χ3n) is 4.41. The lowest BCUT2D eigenvalue weighted by Gasteiger charge is -2.17. The largest absolute Gasteiger partial charge is 0.480 e. The highest BCUT2D eigenvalue weighted by Gasteiger charge is 2.20. The standard InChI is InChI=1S/C21H14F3N3O3/c1-26(19-5-3-15(23)8-17(19)24)21(30)12(9-25)6-13-10-27(11-20(28)29)18-4-2-14(22)7-16(13)18/h2-8,10H,11H2,1H3,(H,28,29)/b12-6+. The van der Waals surface area contributed by atoms with Crippen LogP contribution in [0.1, 0.15) is 5.56 Å². The van der Waals surface area contributed by atoms with Crippen LogP contribution in [0, 0.1) is 28.8 Å². The number of halogens is 3. The summed E-state index contributed by atoms with van der Waals surface area (Å²) in [5.41, 5.74) is -0.00175. The average Bonchev–Trinajstić information content (AvgIpc) is 3.00. The molecular weight excluding hydrogens is 399 g/mol. The summed E-state index contributed by atoms with van der Waals surface area (Å²) in [6, 6.07) is 8.06. The van der Waals surface area contributed by atoms with Crippen LogP contribution in [-0.4, -0.2) is 28.6 Å². The molecular formula is C21H14F3N3O3. The van der Waals surface area contributed by atoms with Gasteiger partial charge in [-0.3, -0.25) is 9.59 Å². The molecule has 3 rings (SSSR count). The molecule has 0 unspecified atom stereocenters. The highest BCUT2D eigenvalue weighted by atomic mass is 19.1. The summed E-state index contributed by atoms with van der Waals surface area (Å²) < 4.78 is 42.2. The van der Waals surface area contributed by atoms with Crippen LogP contribution in [0.3, 0.4) is 0 Å². The van der Waals surface area contributed by atoms with Gasteiger partial charge in [0.15, 0.2) is 0 Å². The minimum absolute atomic E-state index is 0.234. The minimum Gasteiger partial charge on any atom is -0.480 e. The van der Waals surface area contributed by atoms with E-state index in [1.807, 2.05) is 0 Å². The van der Waals surface area contributed by atoms with Crippen molar-refractivity contribution in [1.82, 2.24) is 4.57 Å². The van der Waals surface area contributed by atoms with E-state index in [2.05, 4.69) is 0 Å². The number of benzene rings is 2. The van der Waals surface area contributed by atoms with Gasteiger partial charge in [0.25, 0.3) is 5.91 Å². The van der Waals surface area contributed by atoms with E-state index in [1.165, 1.54) is 30.0 Å². The normalized spacial score (nSPS) is 11.4. The van der Waals surface area contributed by atoms with Crippen molar-refractivity contribution in [2.45, 2.75) is 6.54 Å². The quantitative estimate of drug-likeness (QED) is 0.510. The van der Waals surface area contributed by atoms with E-state index in [9.17, 15) is 28.0 Å². The number of carboxylic acids is 1. The second-order valence-electron chi connectivity index (χ2n) is 6.40. The second kappa shape index (κ2) is 8.13. The molecule has 0 bridgehead atoms. The van der Waals surface area contributed by atoms with E-state index in [1.54, 1.807) is 6.07 Å². The molecule has 30 heavy (non-hydrogen) atoms. The minimum atomic E-state index is -1.13. The molecule has 3 aromatic rings. The van der Waals surface area contributed by atoms with Gasteiger partial charge in [-0.15, -0.1) is 0 Å². The van der Waals surface area contributed by atoms with Crippen LogP contribution in [0.5, 0.6) is 0 Å². The molecule has 0 aliphatic rings. The van der Waals surface area contributed by atoms with Crippen LogP contribution in [0.15, 0.2) is 48.2 Å². The molecule has 0 fully saturated rings. The fraction of sp³-hybridized carbons (Fsp3) is 0.0952. The molecule has 6 nitrogen and oxygen atoms in total. The Bertz CT molecular complexity index is 1240. The molecule has 0 atom stereocenters. The lowest BCUT2D eigenvalue weighted by Crippen LogP contribution is -2.28. The summed E-state index contributed by atoms with van der Waals surface area (Å²) in [5.74, 6) is -4.39. The van der Waals surface area contributed by atoms with E-state index < -0.39 is 41.4 Å². The van der Waals surface area contributed by atoms with Crippen LogP contribution >= 0.6 is 0 Å². The SMILES string of the molecule is CN(C(=O)/C(C#N)=C/c1cn(CC(=O)O)c2ccc(F)cc12)c1ccc(F)cc1F. The topological polar surface area (TPSA) is 86.3 Å². The van der Waals surface area contributed by atoms with Crippen molar-refractivity contribution in [3.63, 3.8) is 0 Å². The number of nitriles is 1. The van der Waals surface area contributed by atoms with Crippen molar-refractivity contribution >= 4 is 34.5 Å². The van der Waals surface area contributed by atoms with Crippen LogP contribution in [-0.2, 0) is 16.1 Å². The van der Waals surface area contributed by atoms with Crippen molar-refractivity contribution in [3.05, 3.63) is 71.2 Å². The number of amides is 1. The maximum Gasteiger partial charge on any atom is 0.323 e. The summed E-state index contributed by atoms with van der Waals surface area (Å²) >= 11 is 0. The number of rotatable bonds is 5. The first-order chi connectivity index (χ1) is 14.2. The molecule has 1 heterocycles. The summed E-state index contributed by atoms with van der Waals surface area (Å²) in [6.07, 6.45) is 2.54. The molecule has 9 heteroatoms. The molecule has 1 aromatic heterocycles. The van der Waals surface area contributed by atoms with Crippen LogP contribution < -0.4 is 4.90 Å². The first-order valence-corrected chi connectivity index (χ1v) is 8.56. The number of fused-ring (bicyclic) bond motifs is 1. The highest BCUT2D eigenvalue weighted by molar-refractivity contribution is 6.12. The second-order valence-corrected chi connectivity index (χ2v) is 6.40. The van der Waals surface area contributed by atoms with Gasteiger partial charge in [0.2, 0.25) is 0 Å². The summed E-state index contributed by atoms with van der Waals surface area (Å²) in [6.45, 7) is -0.410. The molecule has 0 saturated carbocycles. The van der Waals surface area contributed by atoms with Crippen molar-refractivity contribution in [2.75, 3.05) is 11.9 Å². The van der Waals surface area contributed by atoms with E-state index in [-0.39, 0.29) is 11.3 Å². The van der Waals surface area contributed by atoms with Crippen LogP contribution in [0.4, 0.5) is 18.9 Å². The number of hydrogen-bond acceptors (Lipinski definition) is 3. The number of hydrogen-bond donors (Lipinski definition) is 1. The van der Waals surface area contributed by atoms with Gasteiger partial charge in [0.05, 0.1) is 5.69 Å². The molecule has 0 aliphatic carbocycles. The molecule has 0 spiro atoms. The van der Waals surface area contributed by atoms with Gasteiger partial charge < -0.3 is 14.6 Å². The first-order valence-electron chi connectivity index (χ1n) is 8.56. The van der Waals surface area contributed by atoms with Crippen LogP contribution in [0.25, 0.3) is 17.0 Å². The van der Waals surface area contributed by atoms with Gasteiger partial charge in [0.1, 0.15) is 35.6 Å². The number of anilines is 1. The zero-order valence-electron chi connectivity index (χ0n) is 15.6. The Labute approximate surface area is 168 Å². The highest BCUT2D eigenvalue weighted by Crippen LogP contribution is 2.26. The molecule has 2 aromatic carbocycles. The van der Waals surface area contributed by atoms with Gasteiger partial charge in [-0.2, -0.15) is 5.26 Å². The summed E-state index contributed by atoms with van der Waals surface area (Å²) in [4.78, 5) is 24.6. The van der Waals surface area contributed by atoms with E-state index in [0.29, 0.717) is 17.0 Å². The number of aliphatic carboxylic acids is 1. The number of nitrogens with zero attached hydrogens (tertiary/aromatic N) is 3. The molecule has 152 valence electrons. The van der Waals surface area contributed by atoms with E-state index >= 15 is 0 Å². The Kier molecular flexibility index (Phi) is 5.60. The molecule has 0 saturated heterocycles. The lowest BCUT2D eigenvalue weighted by atomic mass is 10.1. The Balaban J connectivity index is 2.06. The monoisotopic (exact) mass is 413 g/mol. The van der Waals surface area contributed by atoms with Gasteiger partial charge >= 0.3 is 5.97 Å². The number of carboxylic acid groups (broad SMARTS) is 1. The Hall–Kier alpha value is -4.06. The molecule has 1 N–H and O–H groups in total. The fourth-order valence-electron chi connectivity index (χ4n) is 3.03. The summed E-state index contributed by atoms with van der Waals surface area (Å²) in [5, 5.41) is 18.8. The average molecular weight is 413 g/mol. The van der Waals surface area contributed by atoms with Crippen molar-refractivity contribution in [3.8, 4) is 6.07 Å². The van der Waals surface area contributed by atoms with Crippen molar-refractivity contribution in [2.24, 2.45) is 0 Å². The Morgan fingerprint density at radius 3 is 2.47 bits per heavy atom. The van der Waals surface area contributed by atoms with Gasteiger partial charge in [0, 0.05) is 35.8 Å². The lowest BCUT2D eigenvalue weighted by molar-refractivity contribution is -0.137. The third-order valence-corrected chi connectivity index (χ3v) is 4.41. The number of carbonyl (C=O) groups excluding carboxylic acids is 1. The van der Waals surface area contributed by atoms with Crippen LogP contribution in [0.2, 0.25) is 0 Å². The van der Waals surface area contributed by atoms with Gasteiger partial charge in [-0.25, -0.2) is 13.2 Å². The molecule has 0 aliphatic heterocycles. The van der Waals surface area contributed by atoms with Gasteiger partial charge in [-0.1, -0.05) is 0 Å². The number of aromatic nitrogens is 1. The maximum atomic E-state index is 14.0. The summed E-state index contributed by atoms with van der Waals surface area (Å²) in [7, 11) is 1.22. The zero-order valence-corrected chi connectivity index (χ0v) is 15.6. The molecule has 0 radical (unpaired) electrons. The predicted octanol–water partition coefficient (Wildman–Crippen LogP) is 3.71. The van der Waals surface area contributed by atoms with Crippen molar-refractivity contribution < 1.29 is 27.9 Å². The van der Waals surface area contributed by atoms with E-state index in [4.69, 9.17) is 5.11 Å². The smallest absolute Gasteiger partial charge is 0.323 e. The van der Waals surface area contributed by atoms with Crippen molar-refractivity contribution in [1.29, 1.82) is 5.26 Å².